The topological polar surface area (TPSA) is 72.1 Å². The van der Waals surface area contributed by atoms with Crippen LogP contribution in [-0.4, -0.2) is 27.6 Å². The number of aromatic nitrogens is 3. The molecule has 2 aromatic heterocycles. The number of amides is 1. The minimum atomic E-state index is -0.141. The minimum Gasteiger partial charge on any atom is -0.339 e. The van der Waals surface area contributed by atoms with Crippen molar-refractivity contribution in [2.45, 2.75) is 19.3 Å². The van der Waals surface area contributed by atoms with Gasteiger partial charge in [0.05, 0.1) is 5.92 Å². The lowest BCUT2D eigenvalue weighted by Crippen LogP contribution is -2.24. The van der Waals surface area contributed by atoms with Gasteiger partial charge in [0, 0.05) is 29.9 Å². The summed E-state index contributed by atoms with van der Waals surface area (Å²) in [5, 5.41) is 4.62. The lowest BCUT2D eigenvalue weighted by molar-refractivity contribution is -0.117. The minimum absolute atomic E-state index is 0.0162. The van der Waals surface area contributed by atoms with E-state index in [4.69, 9.17) is 16.1 Å². The van der Waals surface area contributed by atoms with E-state index in [0.717, 1.165) is 11.3 Å². The van der Waals surface area contributed by atoms with Gasteiger partial charge in [-0.1, -0.05) is 28.9 Å². The molecule has 1 atom stereocenters. The Morgan fingerprint density at radius 3 is 2.92 bits per heavy atom. The molecule has 1 fully saturated rings. The van der Waals surface area contributed by atoms with E-state index in [2.05, 4.69) is 15.1 Å². The molecule has 4 rings (SSSR count). The highest BCUT2D eigenvalue weighted by atomic mass is 35.5. The quantitative estimate of drug-likeness (QED) is 0.718. The Labute approximate surface area is 149 Å². The molecule has 0 unspecified atom stereocenters. The van der Waals surface area contributed by atoms with Gasteiger partial charge in [0.25, 0.3) is 0 Å². The van der Waals surface area contributed by atoms with Crippen LogP contribution < -0.4 is 4.90 Å². The van der Waals surface area contributed by atoms with E-state index >= 15 is 0 Å². The van der Waals surface area contributed by atoms with Crippen molar-refractivity contribution < 1.29 is 9.32 Å². The van der Waals surface area contributed by atoms with Crippen molar-refractivity contribution in [1.82, 2.24) is 15.1 Å². The summed E-state index contributed by atoms with van der Waals surface area (Å²) in [5.41, 5.74) is 2.40. The molecule has 126 valence electrons. The van der Waals surface area contributed by atoms with Gasteiger partial charge < -0.3 is 9.42 Å². The second-order valence-electron chi connectivity index (χ2n) is 6.01. The number of hydrogen-bond donors (Lipinski definition) is 0. The highest BCUT2D eigenvalue weighted by Gasteiger charge is 2.35. The van der Waals surface area contributed by atoms with Gasteiger partial charge in [-0.3, -0.25) is 9.78 Å². The van der Waals surface area contributed by atoms with Crippen LogP contribution in [0.15, 0.2) is 47.1 Å². The largest absolute Gasteiger partial charge is 0.339 e. The molecule has 0 saturated carbocycles. The van der Waals surface area contributed by atoms with Crippen molar-refractivity contribution in [3.63, 3.8) is 0 Å². The van der Waals surface area contributed by atoms with E-state index in [1.807, 2.05) is 43.3 Å². The summed E-state index contributed by atoms with van der Waals surface area (Å²) in [6.07, 6.45) is 2.00. The molecule has 1 saturated heterocycles. The maximum absolute atomic E-state index is 12.4. The van der Waals surface area contributed by atoms with Crippen molar-refractivity contribution in [2.24, 2.45) is 0 Å². The van der Waals surface area contributed by atoms with Crippen LogP contribution in [0.2, 0.25) is 5.02 Å². The van der Waals surface area contributed by atoms with Crippen molar-refractivity contribution in [2.75, 3.05) is 11.4 Å². The van der Waals surface area contributed by atoms with Crippen molar-refractivity contribution in [1.29, 1.82) is 0 Å². The molecule has 0 radical (unpaired) electrons. The highest BCUT2D eigenvalue weighted by Crippen LogP contribution is 2.33. The first-order valence-electron chi connectivity index (χ1n) is 7.93. The molecule has 6 nitrogen and oxygen atoms in total. The van der Waals surface area contributed by atoms with Crippen LogP contribution in [-0.2, 0) is 4.79 Å². The Morgan fingerprint density at radius 2 is 2.16 bits per heavy atom. The summed E-state index contributed by atoms with van der Waals surface area (Å²) < 4.78 is 5.37. The van der Waals surface area contributed by atoms with Crippen LogP contribution in [0, 0.1) is 6.92 Å². The first kappa shape index (κ1) is 15.8. The van der Waals surface area contributed by atoms with Gasteiger partial charge in [-0.25, -0.2) is 0 Å². The molecule has 0 spiro atoms. The summed E-state index contributed by atoms with van der Waals surface area (Å²) in [6.45, 7) is 2.42. The van der Waals surface area contributed by atoms with Gasteiger partial charge in [-0.15, -0.1) is 0 Å². The highest BCUT2D eigenvalue weighted by molar-refractivity contribution is 6.31. The van der Waals surface area contributed by atoms with Crippen LogP contribution in [0.3, 0.4) is 0 Å². The van der Waals surface area contributed by atoms with Gasteiger partial charge in [-0.05, 0) is 36.8 Å². The maximum Gasteiger partial charge on any atom is 0.232 e. The van der Waals surface area contributed by atoms with E-state index < -0.39 is 0 Å². The fourth-order valence-electron chi connectivity index (χ4n) is 2.87. The zero-order chi connectivity index (χ0) is 17.4. The summed E-state index contributed by atoms with van der Waals surface area (Å²) in [6, 6.07) is 11.1. The number of anilines is 1. The molecule has 0 bridgehead atoms. The van der Waals surface area contributed by atoms with Gasteiger partial charge in [-0.2, -0.15) is 4.98 Å². The Bertz CT molecular complexity index is 926. The van der Waals surface area contributed by atoms with Crippen molar-refractivity contribution in [3.05, 3.63) is 59.1 Å². The van der Waals surface area contributed by atoms with Crippen LogP contribution in [0.5, 0.6) is 0 Å². The van der Waals surface area contributed by atoms with E-state index in [9.17, 15) is 4.79 Å². The zero-order valence-corrected chi connectivity index (χ0v) is 14.3. The number of pyridine rings is 1. The summed E-state index contributed by atoms with van der Waals surface area (Å²) >= 11 is 6.18. The van der Waals surface area contributed by atoms with E-state index in [-0.39, 0.29) is 11.8 Å². The molecule has 0 N–H and O–H groups in total. The molecule has 1 aliphatic rings. The molecule has 0 aliphatic carbocycles. The van der Waals surface area contributed by atoms with E-state index in [1.54, 1.807) is 11.1 Å². The number of hydrogen-bond acceptors (Lipinski definition) is 5. The molecule has 1 aliphatic heterocycles. The second-order valence-corrected chi connectivity index (χ2v) is 6.42. The number of rotatable bonds is 3. The lowest BCUT2D eigenvalue weighted by atomic mass is 10.1. The molecule has 7 heteroatoms. The third kappa shape index (κ3) is 3.00. The number of carbonyl (C=O) groups excluding carboxylic acids is 1. The van der Waals surface area contributed by atoms with Crippen LogP contribution in [0.1, 0.15) is 23.8 Å². The van der Waals surface area contributed by atoms with Gasteiger partial charge in [0.15, 0.2) is 0 Å². The van der Waals surface area contributed by atoms with Gasteiger partial charge in [0.1, 0.15) is 5.69 Å². The third-order valence-corrected chi connectivity index (χ3v) is 4.68. The summed E-state index contributed by atoms with van der Waals surface area (Å²) in [4.78, 5) is 22.7. The maximum atomic E-state index is 12.4. The Morgan fingerprint density at radius 1 is 1.28 bits per heavy atom. The number of carbonyl (C=O) groups is 1. The molecule has 1 aromatic carbocycles. The molecule has 25 heavy (non-hydrogen) atoms. The van der Waals surface area contributed by atoms with E-state index in [1.165, 1.54) is 0 Å². The Balaban J connectivity index is 1.56. The average Bonchev–Trinajstić information content (AvgIpc) is 3.25. The number of nitrogens with zero attached hydrogens (tertiary/aromatic N) is 4. The fourth-order valence-corrected chi connectivity index (χ4v) is 3.05. The fraction of sp³-hybridized carbons (Fsp3) is 0.222. The van der Waals surface area contributed by atoms with Crippen LogP contribution in [0.4, 0.5) is 5.69 Å². The summed E-state index contributed by atoms with van der Waals surface area (Å²) in [5.74, 6) is 0.759. The average molecular weight is 355 g/mol. The van der Waals surface area contributed by atoms with Gasteiger partial charge >= 0.3 is 0 Å². The molecular formula is C18H15ClN4O2. The molecule has 3 aromatic rings. The van der Waals surface area contributed by atoms with Crippen molar-refractivity contribution >= 4 is 23.2 Å². The predicted molar refractivity (Wildman–Crippen MR) is 93.4 cm³/mol. The molecule has 1 amide bonds. The number of benzene rings is 1. The zero-order valence-electron chi connectivity index (χ0n) is 13.5. The summed E-state index contributed by atoms with van der Waals surface area (Å²) in [7, 11) is 0. The lowest BCUT2D eigenvalue weighted by Gasteiger charge is -2.17. The monoisotopic (exact) mass is 354 g/mol. The van der Waals surface area contributed by atoms with Crippen LogP contribution in [0.25, 0.3) is 11.5 Å². The second kappa shape index (κ2) is 6.29. The molecule has 3 heterocycles. The Hall–Kier alpha value is -2.73. The Kier molecular flexibility index (Phi) is 3.97. The van der Waals surface area contributed by atoms with Crippen LogP contribution >= 0.6 is 11.6 Å². The van der Waals surface area contributed by atoms with E-state index in [0.29, 0.717) is 35.4 Å². The first-order valence-corrected chi connectivity index (χ1v) is 8.31. The normalized spacial score (nSPS) is 17.3. The van der Waals surface area contributed by atoms with Gasteiger partial charge in [0.2, 0.25) is 17.6 Å². The first-order chi connectivity index (χ1) is 12.1. The molecular weight excluding hydrogens is 340 g/mol. The van der Waals surface area contributed by atoms with Crippen molar-refractivity contribution in [3.8, 4) is 11.5 Å². The predicted octanol–water partition coefficient (Wildman–Crippen LogP) is 3.61. The standard InChI is InChI=1S/C18H15ClN4O2/c1-11-5-6-13(9-14(11)19)23-10-12(8-16(23)24)18-21-17(22-25-18)15-4-2-3-7-20-15/h2-7,9,12H,8,10H2,1H3/t12-/m1/s1. The number of aryl methyl sites for hydroxylation is 1. The SMILES string of the molecule is Cc1ccc(N2C[C@H](c3nc(-c4ccccn4)no3)CC2=O)cc1Cl. The number of halogens is 1. The third-order valence-electron chi connectivity index (χ3n) is 4.28. The smallest absolute Gasteiger partial charge is 0.232 e.